The summed E-state index contributed by atoms with van der Waals surface area (Å²) in [5.74, 6) is 0.0832. The summed E-state index contributed by atoms with van der Waals surface area (Å²) in [6.45, 7) is 4.87. The van der Waals surface area contributed by atoms with Crippen molar-refractivity contribution < 1.29 is 9.53 Å². The van der Waals surface area contributed by atoms with Crippen molar-refractivity contribution in [2.24, 2.45) is 0 Å². The van der Waals surface area contributed by atoms with Crippen molar-refractivity contribution in [2.75, 3.05) is 26.3 Å². The molecule has 0 spiro atoms. The summed E-state index contributed by atoms with van der Waals surface area (Å²) < 4.78 is 5.36. The lowest BCUT2D eigenvalue weighted by Crippen LogP contribution is -2.44. The van der Waals surface area contributed by atoms with E-state index in [1.807, 2.05) is 6.92 Å². The highest BCUT2D eigenvalue weighted by Crippen LogP contribution is 2.29. The smallest absolute Gasteiger partial charge is 0.221 e. The van der Waals surface area contributed by atoms with Gasteiger partial charge in [-0.1, -0.05) is 0 Å². The summed E-state index contributed by atoms with van der Waals surface area (Å²) in [6, 6.07) is 4.38. The van der Waals surface area contributed by atoms with Gasteiger partial charge in [-0.2, -0.15) is 0 Å². The maximum Gasteiger partial charge on any atom is 0.221 e. The first-order valence-corrected chi connectivity index (χ1v) is 9.49. The van der Waals surface area contributed by atoms with E-state index in [0.717, 1.165) is 30.3 Å². The molecule has 0 aromatic carbocycles. The molecule has 3 heterocycles. The number of aromatic nitrogens is 1. The lowest BCUT2D eigenvalue weighted by molar-refractivity contribution is -0.122. The van der Waals surface area contributed by atoms with Gasteiger partial charge in [-0.25, -0.2) is 4.98 Å². The van der Waals surface area contributed by atoms with Crippen LogP contribution in [0.1, 0.15) is 16.3 Å². The standard InChI is InChI=1S/C16H21N3O2S2.ClH/c1-11-19-14(10-22-11)15-3-2-13(23-15)4-5-18-16(20)8-12-9-21-7-6-17-12;/h2-3,10,12,17H,4-9H2,1H3,(H,18,20);1H. The monoisotopic (exact) mass is 387 g/mol. The van der Waals surface area contributed by atoms with Gasteiger partial charge in [-0.05, 0) is 25.5 Å². The number of amides is 1. The molecular formula is C16H22ClN3O2S2. The van der Waals surface area contributed by atoms with Crippen LogP contribution in [-0.2, 0) is 16.0 Å². The predicted molar refractivity (Wildman–Crippen MR) is 101 cm³/mol. The highest BCUT2D eigenvalue weighted by molar-refractivity contribution is 7.16. The summed E-state index contributed by atoms with van der Waals surface area (Å²) in [6.07, 6.45) is 1.34. The SMILES string of the molecule is Cc1nc(-c2ccc(CCNC(=O)CC3COCCN3)s2)cs1.Cl. The van der Waals surface area contributed by atoms with Crippen molar-refractivity contribution in [1.82, 2.24) is 15.6 Å². The van der Waals surface area contributed by atoms with E-state index < -0.39 is 0 Å². The second kappa shape index (κ2) is 9.48. The molecule has 2 N–H and O–H groups in total. The zero-order chi connectivity index (χ0) is 16.1. The highest BCUT2D eigenvalue weighted by Gasteiger charge is 2.16. The fourth-order valence-corrected chi connectivity index (χ4v) is 4.15. The Balaban J connectivity index is 0.00000208. The molecule has 1 aliphatic heterocycles. The fraction of sp³-hybridized carbons (Fsp3) is 0.500. The average molecular weight is 388 g/mol. The Hall–Kier alpha value is -0.990. The normalized spacial score (nSPS) is 17.3. The molecule has 2 aromatic heterocycles. The Morgan fingerprint density at radius 3 is 3.08 bits per heavy atom. The van der Waals surface area contributed by atoms with Crippen LogP contribution in [0.5, 0.6) is 0 Å². The summed E-state index contributed by atoms with van der Waals surface area (Å²) in [5, 5.41) is 9.46. The number of thiazole rings is 1. The Kier molecular flexibility index (Phi) is 7.64. The number of halogens is 1. The second-order valence-corrected chi connectivity index (χ2v) is 7.78. The minimum Gasteiger partial charge on any atom is -0.378 e. The Morgan fingerprint density at radius 2 is 2.38 bits per heavy atom. The average Bonchev–Trinajstić information content (AvgIpc) is 3.17. The number of aryl methyl sites for hydroxylation is 1. The van der Waals surface area contributed by atoms with Crippen LogP contribution in [-0.4, -0.2) is 43.2 Å². The van der Waals surface area contributed by atoms with E-state index in [4.69, 9.17) is 4.74 Å². The summed E-state index contributed by atoms with van der Waals surface area (Å²) >= 11 is 3.42. The number of ether oxygens (including phenoxy) is 1. The molecule has 2 aromatic rings. The number of thiophene rings is 1. The zero-order valence-corrected chi connectivity index (χ0v) is 16.0. The topological polar surface area (TPSA) is 63.2 Å². The van der Waals surface area contributed by atoms with E-state index in [9.17, 15) is 4.79 Å². The lowest BCUT2D eigenvalue weighted by atomic mass is 10.2. The first kappa shape index (κ1) is 19.3. The lowest BCUT2D eigenvalue weighted by Gasteiger charge is -2.23. The van der Waals surface area contributed by atoms with Crippen molar-refractivity contribution in [3.05, 3.63) is 27.4 Å². The first-order valence-electron chi connectivity index (χ1n) is 7.80. The van der Waals surface area contributed by atoms with E-state index in [2.05, 4.69) is 33.1 Å². The van der Waals surface area contributed by atoms with Crippen molar-refractivity contribution in [3.63, 3.8) is 0 Å². The van der Waals surface area contributed by atoms with Gasteiger partial charge in [-0.15, -0.1) is 35.1 Å². The van der Waals surface area contributed by atoms with Gasteiger partial charge < -0.3 is 15.4 Å². The zero-order valence-electron chi connectivity index (χ0n) is 13.5. The maximum atomic E-state index is 11.9. The van der Waals surface area contributed by atoms with Crippen molar-refractivity contribution >= 4 is 41.0 Å². The molecule has 0 radical (unpaired) electrons. The van der Waals surface area contributed by atoms with Crippen molar-refractivity contribution in [1.29, 1.82) is 0 Å². The van der Waals surface area contributed by atoms with E-state index in [0.29, 0.717) is 19.6 Å². The molecule has 0 bridgehead atoms. The maximum absolute atomic E-state index is 11.9. The summed E-state index contributed by atoms with van der Waals surface area (Å²) in [5.41, 5.74) is 1.05. The van der Waals surface area contributed by atoms with Crippen LogP contribution in [0.2, 0.25) is 0 Å². The molecule has 0 aliphatic carbocycles. The Labute approximate surface area is 156 Å². The summed E-state index contributed by atoms with van der Waals surface area (Å²) in [7, 11) is 0. The molecular weight excluding hydrogens is 366 g/mol. The van der Waals surface area contributed by atoms with Crippen LogP contribution in [0, 0.1) is 6.92 Å². The number of carbonyl (C=O) groups excluding carboxylic acids is 1. The van der Waals surface area contributed by atoms with Gasteiger partial charge in [0.15, 0.2) is 0 Å². The van der Waals surface area contributed by atoms with Gasteiger partial charge in [0.2, 0.25) is 5.91 Å². The van der Waals surface area contributed by atoms with Crippen LogP contribution < -0.4 is 10.6 Å². The third-order valence-electron chi connectivity index (χ3n) is 3.66. The summed E-state index contributed by atoms with van der Waals surface area (Å²) in [4.78, 5) is 18.9. The van der Waals surface area contributed by atoms with Gasteiger partial charge in [0.25, 0.3) is 0 Å². The minimum atomic E-state index is 0. The van der Waals surface area contributed by atoms with Gasteiger partial charge >= 0.3 is 0 Å². The quantitative estimate of drug-likeness (QED) is 0.799. The number of nitrogens with zero attached hydrogens (tertiary/aromatic N) is 1. The molecule has 24 heavy (non-hydrogen) atoms. The third kappa shape index (κ3) is 5.53. The molecule has 1 atom stereocenters. The fourth-order valence-electron chi connectivity index (χ4n) is 2.50. The molecule has 132 valence electrons. The van der Waals surface area contributed by atoms with E-state index in [1.165, 1.54) is 9.75 Å². The molecule has 5 nitrogen and oxygen atoms in total. The van der Waals surface area contributed by atoms with Crippen LogP contribution >= 0.6 is 35.1 Å². The molecule has 1 amide bonds. The van der Waals surface area contributed by atoms with Crippen LogP contribution in [0.4, 0.5) is 0 Å². The van der Waals surface area contributed by atoms with E-state index in [1.54, 1.807) is 22.7 Å². The Bertz CT molecular complexity index is 653. The van der Waals surface area contributed by atoms with Gasteiger partial charge in [0.05, 0.1) is 28.8 Å². The number of hydrogen-bond donors (Lipinski definition) is 2. The Morgan fingerprint density at radius 1 is 1.50 bits per heavy atom. The molecule has 8 heteroatoms. The molecule has 3 rings (SSSR count). The van der Waals surface area contributed by atoms with E-state index in [-0.39, 0.29) is 24.4 Å². The predicted octanol–water partition coefficient (Wildman–Crippen LogP) is 2.64. The number of hydrogen-bond acceptors (Lipinski definition) is 6. The highest BCUT2D eigenvalue weighted by atomic mass is 35.5. The van der Waals surface area contributed by atoms with Crippen LogP contribution in [0.25, 0.3) is 10.6 Å². The van der Waals surface area contributed by atoms with Crippen LogP contribution in [0.15, 0.2) is 17.5 Å². The molecule has 1 unspecified atom stereocenters. The number of morpholine rings is 1. The number of rotatable bonds is 6. The molecule has 0 saturated carbocycles. The number of carbonyl (C=O) groups is 1. The van der Waals surface area contributed by atoms with Crippen molar-refractivity contribution in [2.45, 2.75) is 25.8 Å². The van der Waals surface area contributed by atoms with Crippen molar-refractivity contribution in [3.8, 4) is 10.6 Å². The second-order valence-electron chi connectivity index (χ2n) is 5.55. The van der Waals surface area contributed by atoms with E-state index >= 15 is 0 Å². The number of nitrogens with one attached hydrogen (secondary N) is 2. The van der Waals surface area contributed by atoms with Gasteiger partial charge in [0.1, 0.15) is 0 Å². The van der Waals surface area contributed by atoms with Gasteiger partial charge in [0, 0.05) is 35.8 Å². The molecule has 1 fully saturated rings. The van der Waals surface area contributed by atoms with Crippen LogP contribution in [0.3, 0.4) is 0 Å². The first-order chi connectivity index (χ1) is 11.2. The third-order valence-corrected chi connectivity index (χ3v) is 5.60. The molecule has 1 aliphatic rings. The minimum absolute atomic E-state index is 0. The molecule has 1 saturated heterocycles. The van der Waals surface area contributed by atoms with Gasteiger partial charge in [-0.3, -0.25) is 4.79 Å². The largest absolute Gasteiger partial charge is 0.378 e.